The number of furan rings is 1. The molecule has 1 aromatic heterocycles. The van der Waals surface area contributed by atoms with Gasteiger partial charge in [0.1, 0.15) is 5.75 Å². The fourth-order valence-electron chi connectivity index (χ4n) is 1.76. The van der Waals surface area contributed by atoms with Gasteiger partial charge in [-0.25, -0.2) is 0 Å². The second kappa shape index (κ2) is 5.90. The van der Waals surface area contributed by atoms with Crippen LogP contribution in [0.25, 0.3) is 0 Å². The Bertz CT molecular complexity index is 591. The van der Waals surface area contributed by atoms with Crippen LogP contribution in [-0.4, -0.2) is 19.2 Å². The van der Waals surface area contributed by atoms with Crippen LogP contribution >= 0.6 is 0 Å². The third kappa shape index (κ3) is 3.56. The van der Waals surface area contributed by atoms with Gasteiger partial charge in [-0.3, -0.25) is 4.79 Å². The third-order valence-electron chi connectivity index (χ3n) is 2.80. The monoisotopic (exact) mass is 299 g/mol. The van der Waals surface area contributed by atoms with Crippen LogP contribution in [0, 0.1) is 0 Å². The molecule has 0 aliphatic heterocycles. The average Bonchev–Trinajstić information content (AvgIpc) is 2.98. The Morgan fingerprint density at radius 3 is 2.38 bits per heavy atom. The standard InChI is InChI=1S/C14H12F3NO3/c1-20-10-6-4-9(5-7-10)12(14(15,16)17)18-13(19)11-3-2-8-21-11/h2-8,12H,1H3,(H,18,19)/t12-/m1/s1. The largest absolute Gasteiger partial charge is 0.497 e. The molecule has 112 valence electrons. The summed E-state index contributed by atoms with van der Waals surface area (Å²) in [5.74, 6) is -0.687. The Balaban J connectivity index is 2.24. The van der Waals surface area contributed by atoms with E-state index < -0.39 is 18.1 Å². The van der Waals surface area contributed by atoms with E-state index in [4.69, 9.17) is 9.15 Å². The van der Waals surface area contributed by atoms with Crippen molar-refractivity contribution in [2.75, 3.05) is 7.11 Å². The summed E-state index contributed by atoms with van der Waals surface area (Å²) >= 11 is 0. The minimum atomic E-state index is -4.63. The second-order valence-corrected chi connectivity index (χ2v) is 4.20. The maximum Gasteiger partial charge on any atom is 0.412 e. The molecule has 0 bridgehead atoms. The molecule has 1 N–H and O–H groups in total. The van der Waals surface area contributed by atoms with Gasteiger partial charge >= 0.3 is 6.18 Å². The molecule has 0 radical (unpaired) electrons. The molecule has 0 aliphatic rings. The number of halogens is 3. The van der Waals surface area contributed by atoms with Crippen molar-refractivity contribution in [1.82, 2.24) is 5.32 Å². The summed E-state index contributed by atoms with van der Waals surface area (Å²) < 4.78 is 49.0. The number of amides is 1. The highest BCUT2D eigenvalue weighted by Gasteiger charge is 2.42. The number of benzene rings is 1. The van der Waals surface area contributed by atoms with Gasteiger partial charge in [-0.1, -0.05) is 12.1 Å². The first-order valence-corrected chi connectivity index (χ1v) is 5.97. The van der Waals surface area contributed by atoms with Crippen molar-refractivity contribution in [1.29, 1.82) is 0 Å². The number of nitrogens with one attached hydrogen (secondary N) is 1. The van der Waals surface area contributed by atoms with Crippen LogP contribution in [0.1, 0.15) is 22.2 Å². The molecule has 4 nitrogen and oxygen atoms in total. The van der Waals surface area contributed by atoms with Crippen molar-refractivity contribution in [3.63, 3.8) is 0 Å². The van der Waals surface area contributed by atoms with E-state index in [1.165, 1.54) is 49.8 Å². The van der Waals surface area contributed by atoms with Crippen LogP contribution < -0.4 is 10.1 Å². The smallest absolute Gasteiger partial charge is 0.412 e. The highest BCUT2D eigenvalue weighted by Crippen LogP contribution is 2.33. The number of hydrogen-bond donors (Lipinski definition) is 1. The van der Waals surface area contributed by atoms with Crippen LogP contribution in [0.4, 0.5) is 13.2 Å². The van der Waals surface area contributed by atoms with Crippen molar-refractivity contribution in [3.05, 3.63) is 54.0 Å². The number of methoxy groups -OCH3 is 1. The molecule has 0 unspecified atom stereocenters. The maximum absolute atomic E-state index is 13.1. The predicted octanol–water partition coefficient (Wildman–Crippen LogP) is 3.32. The fraction of sp³-hybridized carbons (Fsp3) is 0.214. The van der Waals surface area contributed by atoms with E-state index in [1.54, 1.807) is 0 Å². The SMILES string of the molecule is COc1ccc([C@@H](NC(=O)c2ccco2)C(F)(F)F)cc1. The number of carbonyl (C=O) groups excluding carboxylic acids is 1. The summed E-state index contributed by atoms with van der Waals surface area (Å²) in [5.41, 5.74) is -0.0943. The van der Waals surface area contributed by atoms with Gasteiger partial charge in [0, 0.05) is 0 Å². The second-order valence-electron chi connectivity index (χ2n) is 4.20. The first-order chi connectivity index (χ1) is 9.91. The highest BCUT2D eigenvalue weighted by molar-refractivity contribution is 5.91. The molecule has 0 fully saturated rings. The van der Waals surface area contributed by atoms with E-state index in [0.29, 0.717) is 5.75 Å². The van der Waals surface area contributed by atoms with E-state index >= 15 is 0 Å². The molecule has 7 heteroatoms. The first kappa shape index (κ1) is 15.0. The molecule has 1 atom stereocenters. The Morgan fingerprint density at radius 1 is 1.24 bits per heavy atom. The summed E-state index contributed by atoms with van der Waals surface area (Å²) in [4.78, 5) is 11.7. The zero-order valence-electron chi connectivity index (χ0n) is 11.0. The summed E-state index contributed by atoms with van der Waals surface area (Å²) in [6.45, 7) is 0. The van der Waals surface area contributed by atoms with Gasteiger partial charge in [0.25, 0.3) is 5.91 Å². The van der Waals surface area contributed by atoms with Gasteiger partial charge in [-0.05, 0) is 29.8 Å². The topological polar surface area (TPSA) is 51.5 Å². The minimum absolute atomic E-state index is 0.0943. The number of rotatable bonds is 4. The zero-order chi connectivity index (χ0) is 15.5. The molecule has 2 aromatic rings. The van der Waals surface area contributed by atoms with E-state index in [-0.39, 0.29) is 11.3 Å². The van der Waals surface area contributed by atoms with E-state index in [1.807, 2.05) is 5.32 Å². The Labute approximate surface area is 118 Å². The van der Waals surface area contributed by atoms with Crippen molar-refractivity contribution in [3.8, 4) is 5.75 Å². The Hall–Kier alpha value is -2.44. The molecule has 0 aliphatic carbocycles. The minimum Gasteiger partial charge on any atom is -0.497 e. The summed E-state index contributed by atoms with van der Waals surface area (Å²) in [6.07, 6.45) is -3.41. The van der Waals surface area contributed by atoms with Crippen LogP contribution in [0.3, 0.4) is 0 Å². The number of hydrogen-bond acceptors (Lipinski definition) is 3. The third-order valence-corrected chi connectivity index (χ3v) is 2.80. The van der Waals surface area contributed by atoms with Gasteiger partial charge in [0.05, 0.1) is 13.4 Å². The normalized spacial score (nSPS) is 12.8. The average molecular weight is 299 g/mol. The summed E-state index contributed by atoms with van der Waals surface area (Å²) in [5, 5.41) is 1.91. The van der Waals surface area contributed by atoms with Gasteiger partial charge in [0.2, 0.25) is 0 Å². The quantitative estimate of drug-likeness (QED) is 0.942. The van der Waals surface area contributed by atoms with Crippen LogP contribution in [0.2, 0.25) is 0 Å². The van der Waals surface area contributed by atoms with Crippen molar-refractivity contribution in [2.45, 2.75) is 12.2 Å². The van der Waals surface area contributed by atoms with Crippen LogP contribution in [-0.2, 0) is 0 Å². The van der Waals surface area contributed by atoms with Crippen LogP contribution in [0.5, 0.6) is 5.75 Å². The number of ether oxygens (including phenoxy) is 1. The van der Waals surface area contributed by atoms with Crippen molar-refractivity contribution in [2.24, 2.45) is 0 Å². The Morgan fingerprint density at radius 2 is 1.90 bits per heavy atom. The lowest BCUT2D eigenvalue weighted by molar-refractivity contribution is -0.155. The molecule has 0 spiro atoms. The van der Waals surface area contributed by atoms with Gasteiger partial charge < -0.3 is 14.5 Å². The van der Waals surface area contributed by atoms with Gasteiger partial charge in [-0.2, -0.15) is 13.2 Å². The lowest BCUT2D eigenvalue weighted by atomic mass is 10.1. The lowest BCUT2D eigenvalue weighted by Crippen LogP contribution is -2.38. The van der Waals surface area contributed by atoms with Gasteiger partial charge in [-0.15, -0.1) is 0 Å². The molecular weight excluding hydrogens is 287 g/mol. The first-order valence-electron chi connectivity index (χ1n) is 5.97. The molecule has 1 heterocycles. The molecule has 0 saturated carbocycles. The number of alkyl halides is 3. The maximum atomic E-state index is 13.1. The predicted molar refractivity (Wildman–Crippen MR) is 68.0 cm³/mol. The summed E-state index contributed by atoms with van der Waals surface area (Å²) in [6, 6.07) is 5.88. The van der Waals surface area contributed by atoms with Gasteiger partial charge in [0.15, 0.2) is 11.8 Å². The highest BCUT2D eigenvalue weighted by atomic mass is 19.4. The molecule has 21 heavy (non-hydrogen) atoms. The van der Waals surface area contributed by atoms with E-state index in [2.05, 4.69) is 0 Å². The molecule has 2 rings (SSSR count). The Kier molecular flexibility index (Phi) is 4.21. The lowest BCUT2D eigenvalue weighted by Gasteiger charge is -2.21. The van der Waals surface area contributed by atoms with Crippen molar-refractivity contribution < 1.29 is 27.1 Å². The molecular formula is C14H12F3NO3. The molecule has 1 aromatic carbocycles. The zero-order valence-corrected chi connectivity index (χ0v) is 11.0. The van der Waals surface area contributed by atoms with E-state index in [0.717, 1.165) is 0 Å². The van der Waals surface area contributed by atoms with Crippen LogP contribution in [0.15, 0.2) is 47.1 Å². The molecule has 0 saturated heterocycles. The fourth-order valence-corrected chi connectivity index (χ4v) is 1.76. The van der Waals surface area contributed by atoms with E-state index in [9.17, 15) is 18.0 Å². The number of carbonyl (C=O) groups is 1. The summed E-state index contributed by atoms with van der Waals surface area (Å²) in [7, 11) is 1.41. The van der Waals surface area contributed by atoms with Crippen molar-refractivity contribution >= 4 is 5.91 Å². The molecule has 1 amide bonds.